The van der Waals surface area contributed by atoms with Crippen molar-refractivity contribution in [3.8, 4) is 11.5 Å². The SMILES string of the molecule is CCCCOc1cccc(NC(=O)CNc2cccc(OCC3CCCO3)c2)c1. The van der Waals surface area contributed by atoms with Crippen LogP contribution in [0.4, 0.5) is 11.4 Å². The first-order chi connectivity index (χ1) is 14.2. The highest BCUT2D eigenvalue weighted by Crippen LogP contribution is 2.20. The van der Waals surface area contributed by atoms with Gasteiger partial charge in [0.1, 0.15) is 18.1 Å². The summed E-state index contributed by atoms with van der Waals surface area (Å²) in [4.78, 5) is 12.3. The van der Waals surface area contributed by atoms with Gasteiger partial charge in [0.25, 0.3) is 0 Å². The van der Waals surface area contributed by atoms with Crippen LogP contribution in [0.15, 0.2) is 48.5 Å². The van der Waals surface area contributed by atoms with Crippen LogP contribution in [0.3, 0.4) is 0 Å². The van der Waals surface area contributed by atoms with E-state index in [0.717, 1.165) is 55.2 Å². The summed E-state index contributed by atoms with van der Waals surface area (Å²) in [6.07, 6.45) is 4.42. The van der Waals surface area contributed by atoms with Crippen molar-refractivity contribution in [3.63, 3.8) is 0 Å². The van der Waals surface area contributed by atoms with Gasteiger partial charge in [-0.3, -0.25) is 4.79 Å². The Hall–Kier alpha value is -2.73. The highest BCUT2D eigenvalue weighted by Gasteiger charge is 2.16. The van der Waals surface area contributed by atoms with Crippen LogP contribution in [0, 0.1) is 0 Å². The molecular formula is C23H30N2O4. The number of anilines is 2. The molecule has 0 aliphatic carbocycles. The fourth-order valence-electron chi connectivity index (χ4n) is 3.05. The summed E-state index contributed by atoms with van der Waals surface area (Å²) < 4.78 is 17.1. The standard InChI is InChI=1S/C23H30N2O4/c1-2-3-12-27-20-9-5-8-19(15-20)25-23(26)16-24-18-7-4-10-21(14-18)29-17-22-11-6-13-28-22/h4-5,7-10,14-15,22,24H,2-3,6,11-13,16-17H2,1H3,(H,25,26). The van der Waals surface area contributed by atoms with Crippen LogP contribution >= 0.6 is 0 Å². The molecule has 0 saturated carbocycles. The molecule has 2 N–H and O–H groups in total. The quantitative estimate of drug-likeness (QED) is 0.547. The summed E-state index contributed by atoms with van der Waals surface area (Å²) >= 11 is 0. The minimum absolute atomic E-state index is 0.124. The van der Waals surface area contributed by atoms with Gasteiger partial charge in [0.15, 0.2) is 0 Å². The molecule has 0 radical (unpaired) electrons. The van der Waals surface area contributed by atoms with E-state index >= 15 is 0 Å². The van der Waals surface area contributed by atoms with E-state index in [1.807, 2.05) is 48.5 Å². The molecule has 6 nitrogen and oxygen atoms in total. The van der Waals surface area contributed by atoms with Gasteiger partial charge in [0.2, 0.25) is 5.91 Å². The average molecular weight is 399 g/mol. The van der Waals surface area contributed by atoms with Crippen LogP contribution in [0.1, 0.15) is 32.6 Å². The molecule has 1 amide bonds. The third-order valence-corrected chi connectivity index (χ3v) is 4.63. The van der Waals surface area contributed by atoms with Crippen LogP contribution < -0.4 is 20.1 Å². The number of ether oxygens (including phenoxy) is 3. The Balaban J connectivity index is 1.44. The molecule has 1 aliphatic rings. The Morgan fingerprint density at radius 2 is 1.86 bits per heavy atom. The zero-order chi connectivity index (χ0) is 20.3. The monoisotopic (exact) mass is 398 g/mol. The number of unbranched alkanes of at least 4 members (excludes halogenated alkanes) is 1. The summed E-state index contributed by atoms with van der Waals surface area (Å²) in [6.45, 7) is 4.34. The van der Waals surface area contributed by atoms with Crippen LogP contribution in [-0.4, -0.2) is 38.4 Å². The highest BCUT2D eigenvalue weighted by molar-refractivity contribution is 5.93. The van der Waals surface area contributed by atoms with Gasteiger partial charge in [-0.15, -0.1) is 0 Å². The van der Waals surface area contributed by atoms with E-state index in [1.54, 1.807) is 0 Å². The Bertz CT molecular complexity index is 775. The Labute approximate surface area is 172 Å². The van der Waals surface area contributed by atoms with E-state index in [-0.39, 0.29) is 18.6 Å². The van der Waals surface area contributed by atoms with E-state index in [4.69, 9.17) is 14.2 Å². The second-order valence-corrected chi connectivity index (χ2v) is 7.11. The molecule has 0 bridgehead atoms. The molecule has 0 spiro atoms. The van der Waals surface area contributed by atoms with Gasteiger partial charge in [-0.25, -0.2) is 0 Å². The zero-order valence-corrected chi connectivity index (χ0v) is 17.0. The molecule has 1 saturated heterocycles. The molecule has 0 aromatic heterocycles. The predicted molar refractivity (Wildman–Crippen MR) is 115 cm³/mol. The van der Waals surface area contributed by atoms with Crippen molar-refractivity contribution in [2.45, 2.75) is 38.7 Å². The molecule has 29 heavy (non-hydrogen) atoms. The fraction of sp³-hybridized carbons (Fsp3) is 0.435. The third-order valence-electron chi connectivity index (χ3n) is 4.63. The number of carbonyl (C=O) groups excluding carboxylic acids is 1. The average Bonchev–Trinajstić information content (AvgIpc) is 3.25. The van der Waals surface area contributed by atoms with Crippen molar-refractivity contribution < 1.29 is 19.0 Å². The smallest absolute Gasteiger partial charge is 0.243 e. The van der Waals surface area contributed by atoms with Crippen LogP contribution in [0.2, 0.25) is 0 Å². The number of carbonyl (C=O) groups is 1. The van der Waals surface area contributed by atoms with Gasteiger partial charge >= 0.3 is 0 Å². The van der Waals surface area contributed by atoms with E-state index in [9.17, 15) is 4.79 Å². The van der Waals surface area contributed by atoms with E-state index < -0.39 is 0 Å². The van der Waals surface area contributed by atoms with Gasteiger partial charge in [-0.2, -0.15) is 0 Å². The van der Waals surface area contributed by atoms with Gasteiger partial charge in [0, 0.05) is 30.1 Å². The van der Waals surface area contributed by atoms with Crippen molar-refractivity contribution in [1.82, 2.24) is 0 Å². The van der Waals surface area contributed by atoms with Crippen molar-refractivity contribution in [2.75, 3.05) is 37.0 Å². The maximum atomic E-state index is 12.3. The molecule has 1 unspecified atom stereocenters. The van der Waals surface area contributed by atoms with E-state index in [0.29, 0.717) is 13.2 Å². The van der Waals surface area contributed by atoms with Crippen molar-refractivity contribution >= 4 is 17.3 Å². The minimum atomic E-state index is -0.124. The van der Waals surface area contributed by atoms with Gasteiger partial charge in [-0.1, -0.05) is 25.5 Å². The number of benzene rings is 2. The lowest BCUT2D eigenvalue weighted by Gasteiger charge is -2.13. The molecule has 156 valence electrons. The number of rotatable bonds is 11. The van der Waals surface area contributed by atoms with Gasteiger partial charge in [0.05, 0.1) is 19.3 Å². The summed E-state index contributed by atoms with van der Waals surface area (Å²) in [6, 6.07) is 15.1. The number of amides is 1. The first-order valence-electron chi connectivity index (χ1n) is 10.3. The van der Waals surface area contributed by atoms with Crippen LogP contribution in [-0.2, 0) is 9.53 Å². The molecule has 1 fully saturated rings. The Kier molecular flexibility index (Phi) is 8.19. The lowest BCUT2D eigenvalue weighted by Crippen LogP contribution is -2.21. The fourth-order valence-corrected chi connectivity index (χ4v) is 3.05. The second-order valence-electron chi connectivity index (χ2n) is 7.11. The van der Waals surface area contributed by atoms with Crippen molar-refractivity contribution in [1.29, 1.82) is 0 Å². The van der Waals surface area contributed by atoms with Crippen molar-refractivity contribution in [2.24, 2.45) is 0 Å². The van der Waals surface area contributed by atoms with Crippen LogP contribution in [0.5, 0.6) is 11.5 Å². The first kappa shape index (κ1) is 21.0. The molecular weight excluding hydrogens is 368 g/mol. The molecule has 2 aromatic rings. The lowest BCUT2D eigenvalue weighted by molar-refractivity contribution is -0.114. The Morgan fingerprint density at radius 1 is 1.10 bits per heavy atom. The summed E-state index contributed by atoms with van der Waals surface area (Å²) in [7, 11) is 0. The number of hydrogen-bond donors (Lipinski definition) is 2. The van der Waals surface area contributed by atoms with Crippen LogP contribution in [0.25, 0.3) is 0 Å². The van der Waals surface area contributed by atoms with Crippen molar-refractivity contribution in [3.05, 3.63) is 48.5 Å². The topological polar surface area (TPSA) is 68.8 Å². The first-order valence-corrected chi connectivity index (χ1v) is 10.3. The molecule has 2 aromatic carbocycles. The molecule has 1 heterocycles. The molecule has 6 heteroatoms. The number of nitrogens with one attached hydrogen (secondary N) is 2. The van der Waals surface area contributed by atoms with E-state index in [2.05, 4.69) is 17.6 Å². The molecule has 1 aliphatic heterocycles. The lowest BCUT2D eigenvalue weighted by atomic mass is 10.2. The van der Waals surface area contributed by atoms with Gasteiger partial charge in [-0.05, 0) is 43.5 Å². The van der Waals surface area contributed by atoms with E-state index in [1.165, 1.54) is 0 Å². The maximum absolute atomic E-state index is 12.3. The molecule has 1 atom stereocenters. The molecule has 3 rings (SSSR count). The normalized spacial score (nSPS) is 15.7. The third kappa shape index (κ3) is 7.31. The Morgan fingerprint density at radius 3 is 2.62 bits per heavy atom. The highest BCUT2D eigenvalue weighted by atomic mass is 16.5. The summed E-state index contributed by atoms with van der Waals surface area (Å²) in [5, 5.41) is 6.03. The zero-order valence-electron chi connectivity index (χ0n) is 17.0. The second kappa shape index (κ2) is 11.3. The maximum Gasteiger partial charge on any atom is 0.243 e. The predicted octanol–water partition coefficient (Wildman–Crippen LogP) is 4.47. The number of hydrogen-bond acceptors (Lipinski definition) is 5. The largest absolute Gasteiger partial charge is 0.494 e. The minimum Gasteiger partial charge on any atom is -0.494 e. The summed E-state index contributed by atoms with van der Waals surface area (Å²) in [5.74, 6) is 1.41. The van der Waals surface area contributed by atoms with Gasteiger partial charge < -0.3 is 24.8 Å². The summed E-state index contributed by atoms with van der Waals surface area (Å²) in [5.41, 5.74) is 1.56.